The number of carbonyl (C=O) groups excluding carboxylic acids is 1. The summed E-state index contributed by atoms with van der Waals surface area (Å²) in [4.78, 5) is 11.1. The Kier molecular flexibility index (Phi) is 6.14. The van der Waals surface area contributed by atoms with Crippen molar-refractivity contribution in [2.45, 2.75) is 6.61 Å². The van der Waals surface area contributed by atoms with E-state index < -0.39 is 0 Å². The van der Waals surface area contributed by atoms with Crippen LogP contribution in [0.1, 0.15) is 11.1 Å². The van der Waals surface area contributed by atoms with Gasteiger partial charge in [-0.25, -0.2) is 0 Å². The number of thioether (sulfide) groups is 1. The first-order valence-electron chi connectivity index (χ1n) is 7.73. The second-order valence-corrected chi connectivity index (χ2v) is 6.71. The van der Waals surface area contributed by atoms with Gasteiger partial charge < -0.3 is 14.8 Å². The van der Waals surface area contributed by atoms with Crippen molar-refractivity contribution in [1.82, 2.24) is 5.32 Å². The number of hydrogen-bond acceptors (Lipinski definition) is 6. The summed E-state index contributed by atoms with van der Waals surface area (Å²) < 4.78 is 11.2. The normalized spacial score (nSPS) is 15.5. The van der Waals surface area contributed by atoms with Crippen LogP contribution in [0.3, 0.4) is 0 Å². The van der Waals surface area contributed by atoms with Crippen molar-refractivity contribution in [3.63, 3.8) is 0 Å². The lowest BCUT2D eigenvalue weighted by Crippen LogP contribution is -2.19. The molecule has 2 aromatic rings. The molecule has 2 aromatic carbocycles. The molecule has 0 aromatic heterocycles. The highest BCUT2D eigenvalue weighted by Gasteiger charge is 2.15. The second kappa shape index (κ2) is 8.73. The Labute approximate surface area is 160 Å². The van der Waals surface area contributed by atoms with Crippen molar-refractivity contribution in [2.24, 2.45) is 10.2 Å². The first-order chi connectivity index (χ1) is 12.6. The van der Waals surface area contributed by atoms with Gasteiger partial charge in [-0.3, -0.25) is 4.79 Å². The monoisotopic (exact) mass is 389 g/mol. The van der Waals surface area contributed by atoms with E-state index in [0.717, 1.165) is 11.1 Å². The third kappa shape index (κ3) is 5.00. The summed E-state index contributed by atoms with van der Waals surface area (Å²) in [5, 5.41) is 11.8. The van der Waals surface area contributed by atoms with E-state index in [1.54, 1.807) is 19.4 Å². The van der Waals surface area contributed by atoms with Crippen LogP contribution in [0.25, 0.3) is 0 Å². The Hall–Kier alpha value is -2.51. The molecule has 1 saturated heterocycles. The number of carbonyl (C=O) groups is 1. The summed E-state index contributed by atoms with van der Waals surface area (Å²) in [6, 6.07) is 12.9. The molecule has 0 radical (unpaired) electrons. The van der Waals surface area contributed by atoms with E-state index in [-0.39, 0.29) is 5.91 Å². The Morgan fingerprint density at radius 3 is 2.73 bits per heavy atom. The van der Waals surface area contributed by atoms with Crippen molar-refractivity contribution >= 4 is 40.7 Å². The number of hydrogen-bond donors (Lipinski definition) is 1. The highest BCUT2D eigenvalue weighted by atomic mass is 35.5. The standard InChI is InChI=1S/C18H16ClN3O3S/c1-24-15-7-4-13(9-20-22-18-21-17(23)11-26-18)8-16(15)25-10-12-2-5-14(19)6-3-12/h2-9H,10-11H2,1H3,(H,21,22,23). The lowest BCUT2D eigenvalue weighted by atomic mass is 10.2. The van der Waals surface area contributed by atoms with Crippen molar-refractivity contribution in [1.29, 1.82) is 0 Å². The summed E-state index contributed by atoms with van der Waals surface area (Å²) >= 11 is 7.21. The average Bonchev–Trinajstić information content (AvgIpc) is 3.06. The van der Waals surface area contributed by atoms with Crippen molar-refractivity contribution in [3.8, 4) is 11.5 Å². The maximum absolute atomic E-state index is 11.1. The zero-order chi connectivity index (χ0) is 18.4. The van der Waals surface area contributed by atoms with Crippen molar-refractivity contribution in [2.75, 3.05) is 12.9 Å². The Morgan fingerprint density at radius 2 is 2.04 bits per heavy atom. The minimum atomic E-state index is -0.0636. The van der Waals surface area contributed by atoms with Gasteiger partial charge in [0.25, 0.3) is 0 Å². The predicted octanol–water partition coefficient (Wildman–Crippen LogP) is 3.48. The number of nitrogens with one attached hydrogen (secondary N) is 1. The van der Waals surface area contributed by atoms with Crippen LogP contribution >= 0.6 is 23.4 Å². The van der Waals surface area contributed by atoms with Gasteiger partial charge in [0.1, 0.15) is 6.61 Å². The number of amides is 1. The molecule has 3 rings (SSSR count). The number of ether oxygens (including phenoxy) is 2. The van der Waals surface area contributed by atoms with Gasteiger partial charge in [-0.15, -0.1) is 5.10 Å². The van der Waals surface area contributed by atoms with Crippen molar-refractivity contribution < 1.29 is 14.3 Å². The molecule has 134 valence electrons. The van der Waals surface area contributed by atoms with Crippen LogP contribution in [0, 0.1) is 0 Å². The van der Waals surface area contributed by atoms with Crippen LogP contribution < -0.4 is 14.8 Å². The number of methoxy groups -OCH3 is 1. The zero-order valence-electron chi connectivity index (χ0n) is 13.9. The number of rotatable bonds is 6. The lowest BCUT2D eigenvalue weighted by molar-refractivity contribution is -0.116. The first kappa shape index (κ1) is 18.3. The third-order valence-electron chi connectivity index (χ3n) is 3.44. The first-order valence-corrected chi connectivity index (χ1v) is 9.09. The molecule has 8 heteroatoms. The van der Waals surface area contributed by atoms with Gasteiger partial charge in [-0.1, -0.05) is 35.5 Å². The third-order valence-corrected chi connectivity index (χ3v) is 4.55. The smallest absolute Gasteiger partial charge is 0.236 e. The molecule has 0 saturated carbocycles. The van der Waals surface area contributed by atoms with Crippen LogP contribution in [-0.4, -0.2) is 30.2 Å². The van der Waals surface area contributed by atoms with E-state index in [0.29, 0.717) is 34.0 Å². The minimum Gasteiger partial charge on any atom is -0.493 e. The largest absolute Gasteiger partial charge is 0.493 e. The fraction of sp³-hybridized carbons (Fsp3) is 0.167. The molecule has 1 heterocycles. The molecule has 26 heavy (non-hydrogen) atoms. The Balaban J connectivity index is 1.69. The van der Waals surface area contributed by atoms with Gasteiger partial charge in [0.15, 0.2) is 16.7 Å². The fourth-order valence-corrected chi connectivity index (χ4v) is 2.91. The second-order valence-electron chi connectivity index (χ2n) is 5.31. The average molecular weight is 390 g/mol. The van der Waals surface area contributed by atoms with Gasteiger partial charge >= 0.3 is 0 Å². The van der Waals surface area contributed by atoms with E-state index >= 15 is 0 Å². The van der Waals surface area contributed by atoms with Gasteiger partial charge in [0, 0.05) is 5.02 Å². The van der Waals surface area contributed by atoms with Gasteiger partial charge in [0.05, 0.1) is 19.1 Å². The quantitative estimate of drug-likeness (QED) is 0.606. The molecule has 0 aliphatic carbocycles. The molecule has 1 N–H and O–H groups in total. The van der Waals surface area contributed by atoms with Crippen LogP contribution in [0.5, 0.6) is 11.5 Å². The molecule has 0 unspecified atom stereocenters. The maximum Gasteiger partial charge on any atom is 0.236 e. The lowest BCUT2D eigenvalue weighted by Gasteiger charge is -2.11. The molecule has 1 amide bonds. The summed E-state index contributed by atoms with van der Waals surface area (Å²) in [7, 11) is 1.59. The SMILES string of the molecule is COc1ccc(C=NN=C2NC(=O)CS2)cc1OCc1ccc(Cl)cc1. The van der Waals surface area contributed by atoms with Crippen LogP contribution in [0.2, 0.25) is 5.02 Å². The molecule has 1 aliphatic rings. The van der Waals surface area contributed by atoms with Gasteiger partial charge in [-0.05, 0) is 41.5 Å². The predicted molar refractivity (Wildman–Crippen MR) is 104 cm³/mol. The molecule has 1 aliphatic heterocycles. The minimum absolute atomic E-state index is 0.0636. The number of benzene rings is 2. The summed E-state index contributed by atoms with van der Waals surface area (Å²) in [6.45, 7) is 0.388. The van der Waals surface area contributed by atoms with E-state index in [9.17, 15) is 4.79 Å². The topological polar surface area (TPSA) is 72.3 Å². The highest BCUT2D eigenvalue weighted by molar-refractivity contribution is 8.15. The van der Waals surface area contributed by atoms with Crippen LogP contribution in [0.4, 0.5) is 0 Å². The molecule has 0 spiro atoms. The summed E-state index contributed by atoms with van der Waals surface area (Å²) in [5.74, 6) is 1.54. The summed E-state index contributed by atoms with van der Waals surface area (Å²) in [5.41, 5.74) is 1.80. The van der Waals surface area contributed by atoms with E-state index in [4.69, 9.17) is 21.1 Å². The number of nitrogens with zero attached hydrogens (tertiary/aromatic N) is 2. The number of amidine groups is 1. The van der Waals surface area contributed by atoms with Gasteiger partial charge in [-0.2, -0.15) is 5.10 Å². The Morgan fingerprint density at radius 1 is 1.23 bits per heavy atom. The Bertz CT molecular complexity index is 853. The van der Waals surface area contributed by atoms with Gasteiger partial charge in [0.2, 0.25) is 5.91 Å². The highest BCUT2D eigenvalue weighted by Crippen LogP contribution is 2.28. The fourth-order valence-electron chi connectivity index (χ4n) is 2.16. The van der Waals surface area contributed by atoms with Crippen LogP contribution in [-0.2, 0) is 11.4 Å². The summed E-state index contributed by atoms with van der Waals surface area (Å²) in [6.07, 6.45) is 1.59. The van der Waals surface area contributed by atoms with E-state index in [1.165, 1.54) is 11.8 Å². The molecule has 0 atom stereocenters. The van der Waals surface area contributed by atoms with Crippen LogP contribution in [0.15, 0.2) is 52.7 Å². The molecule has 0 bridgehead atoms. The molecule has 6 nitrogen and oxygen atoms in total. The zero-order valence-corrected chi connectivity index (χ0v) is 15.5. The molecular formula is C18H16ClN3O3S. The molecular weight excluding hydrogens is 374 g/mol. The molecule has 1 fully saturated rings. The van der Waals surface area contributed by atoms with E-state index in [2.05, 4.69) is 15.5 Å². The van der Waals surface area contributed by atoms with Crippen molar-refractivity contribution in [3.05, 3.63) is 58.6 Å². The number of halogens is 1. The maximum atomic E-state index is 11.1. The van der Waals surface area contributed by atoms with E-state index in [1.807, 2.05) is 36.4 Å².